The molecule has 198 valence electrons. The van der Waals surface area contributed by atoms with Gasteiger partial charge in [-0.25, -0.2) is 4.79 Å². The number of nitrogens with two attached hydrogens (primary N) is 3. The van der Waals surface area contributed by atoms with Crippen LogP contribution in [0.2, 0.25) is 0 Å². The van der Waals surface area contributed by atoms with E-state index in [0.29, 0.717) is 12.0 Å². The molecule has 0 saturated heterocycles. The van der Waals surface area contributed by atoms with Crippen molar-refractivity contribution in [1.29, 1.82) is 0 Å². The Morgan fingerprint density at radius 1 is 0.944 bits per heavy atom. The number of hydrogen-bond donors (Lipinski definition) is 9. The zero-order valence-corrected chi connectivity index (χ0v) is 19.3. The molecule has 0 aliphatic rings. The third-order valence-corrected chi connectivity index (χ3v) is 4.75. The molecule has 0 aromatic heterocycles. The molecule has 15 heteroatoms. The first-order chi connectivity index (χ1) is 16.9. The number of carbonyl (C=O) groups is 5. The SMILES string of the molecule is NC(N)=NCCCC(N)C(=O)NC(Cc1ccc(O)cc1)C(=O)NCC(=O)NC(CC(=O)O)C(=O)O. The van der Waals surface area contributed by atoms with Crippen molar-refractivity contribution >= 4 is 35.6 Å². The van der Waals surface area contributed by atoms with Crippen LogP contribution in [0.15, 0.2) is 29.3 Å². The number of aliphatic imine (C=N–C) groups is 1. The summed E-state index contributed by atoms with van der Waals surface area (Å²) in [6.07, 6.45) is -0.242. The summed E-state index contributed by atoms with van der Waals surface area (Å²) >= 11 is 0. The first-order valence-corrected chi connectivity index (χ1v) is 10.8. The van der Waals surface area contributed by atoms with Crippen LogP contribution >= 0.6 is 0 Å². The number of phenolic OH excluding ortho intramolecular Hbond substituents is 1. The molecular weight excluding hydrogens is 478 g/mol. The molecular formula is C21H31N7O8. The zero-order valence-electron chi connectivity index (χ0n) is 19.3. The largest absolute Gasteiger partial charge is 0.508 e. The van der Waals surface area contributed by atoms with Crippen LogP contribution in [0.3, 0.4) is 0 Å². The molecule has 3 unspecified atom stereocenters. The Morgan fingerprint density at radius 3 is 2.14 bits per heavy atom. The smallest absolute Gasteiger partial charge is 0.326 e. The Labute approximate surface area is 206 Å². The molecule has 15 nitrogen and oxygen atoms in total. The van der Waals surface area contributed by atoms with Gasteiger partial charge in [-0.1, -0.05) is 12.1 Å². The molecule has 0 saturated carbocycles. The summed E-state index contributed by atoms with van der Waals surface area (Å²) in [5, 5.41) is 34.0. The summed E-state index contributed by atoms with van der Waals surface area (Å²) in [5.74, 6) is -5.44. The fourth-order valence-corrected chi connectivity index (χ4v) is 2.92. The Hall–Kier alpha value is -4.40. The molecule has 3 amide bonds. The van der Waals surface area contributed by atoms with Gasteiger partial charge >= 0.3 is 11.9 Å². The maximum absolute atomic E-state index is 12.8. The van der Waals surface area contributed by atoms with Crippen LogP contribution in [0.1, 0.15) is 24.8 Å². The molecule has 0 heterocycles. The normalized spacial score (nSPS) is 12.9. The molecule has 0 aliphatic carbocycles. The van der Waals surface area contributed by atoms with E-state index in [-0.39, 0.29) is 31.1 Å². The first kappa shape index (κ1) is 29.6. The fraction of sp³-hybridized carbons (Fsp3) is 0.429. The van der Waals surface area contributed by atoms with Gasteiger partial charge in [-0.2, -0.15) is 0 Å². The number of carboxylic acids is 2. The Morgan fingerprint density at radius 2 is 1.58 bits per heavy atom. The van der Waals surface area contributed by atoms with Crippen molar-refractivity contribution in [1.82, 2.24) is 16.0 Å². The lowest BCUT2D eigenvalue weighted by atomic mass is 10.0. The van der Waals surface area contributed by atoms with E-state index < -0.39 is 60.8 Å². The maximum atomic E-state index is 12.8. The predicted molar refractivity (Wildman–Crippen MR) is 126 cm³/mol. The summed E-state index contributed by atoms with van der Waals surface area (Å²) < 4.78 is 0. The minimum Gasteiger partial charge on any atom is -0.508 e. The summed E-state index contributed by atoms with van der Waals surface area (Å²) in [6.45, 7) is -0.413. The molecule has 3 atom stereocenters. The van der Waals surface area contributed by atoms with Crippen molar-refractivity contribution in [2.45, 2.75) is 43.8 Å². The molecule has 1 aromatic rings. The fourth-order valence-electron chi connectivity index (χ4n) is 2.92. The topological polar surface area (TPSA) is 273 Å². The van der Waals surface area contributed by atoms with Crippen LogP contribution in [0.25, 0.3) is 0 Å². The molecule has 36 heavy (non-hydrogen) atoms. The summed E-state index contributed by atoms with van der Waals surface area (Å²) in [4.78, 5) is 63.0. The third kappa shape index (κ3) is 11.6. The van der Waals surface area contributed by atoms with Crippen molar-refractivity contribution in [2.24, 2.45) is 22.2 Å². The van der Waals surface area contributed by atoms with E-state index in [0.717, 1.165) is 0 Å². The highest BCUT2D eigenvalue weighted by Gasteiger charge is 2.26. The van der Waals surface area contributed by atoms with Crippen LogP contribution < -0.4 is 33.2 Å². The molecule has 0 fully saturated rings. The van der Waals surface area contributed by atoms with E-state index in [1.807, 2.05) is 5.32 Å². The number of aromatic hydroxyl groups is 1. The highest BCUT2D eigenvalue weighted by atomic mass is 16.4. The van der Waals surface area contributed by atoms with E-state index in [1.165, 1.54) is 24.3 Å². The molecule has 12 N–H and O–H groups in total. The Balaban J connectivity index is 2.81. The van der Waals surface area contributed by atoms with Gasteiger partial charge in [-0.3, -0.25) is 24.2 Å². The number of aliphatic carboxylic acids is 2. The van der Waals surface area contributed by atoms with E-state index in [9.17, 15) is 29.1 Å². The van der Waals surface area contributed by atoms with Crippen molar-refractivity contribution in [3.63, 3.8) is 0 Å². The molecule has 0 bridgehead atoms. The quantitative estimate of drug-likeness (QED) is 0.0651. The van der Waals surface area contributed by atoms with E-state index in [4.69, 9.17) is 27.4 Å². The lowest BCUT2D eigenvalue weighted by molar-refractivity contribution is -0.147. The number of amides is 3. The van der Waals surface area contributed by atoms with Gasteiger partial charge in [0.2, 0.25) is 17.7 Å². The lowest BCUT2D eigenvalue weighted by Gasteiger charge is -2.21. The highest BCUT2D eigenvalue weighted by Crippen LogP contribution is 2.12. The first-order valence-electron chi connectivity index (χ1n) is 10.8. The number of nitrogens with zero attached hydrogens (tertiary/aromatic N) is 1. The van der Waals surface area contributed by atoms with Gasteiger partial charge in [0.1, 0.15) is 17.8 Å². The van der Waals surface area contributed by atoms with Gasteiger partial charge in [0, 0.05) is 13.0 Å². The van der Waals surface area contributed by atoms with Gasteiger partial charge in [0.05, 0.1) is 19.0 Å². The predicted octanol–water partition coefficient (Wildman–Crippen LogP) is -3.04. The Bertz CT molecular complexity index is 964. The second-order valence-corrected chi connectivity index (χ2v) is 7.76. The number of nitrogens with one attached hydrogen (secondary N) is 3. The van der Waals surface area contributed by atoms with Gasteiger partial charge < -0.3 is 48.5 Å². The van der Waals surface area contributed by atoms with Gasteiger partial charge in [-0.15, -0.1) is 0 Å². The van der Waals surface area contributed by atoms with Crippen LogP contribution in [0.5, 0.6) is 5.75 Å². The van der Waals surface area contributed by atoms with Crippen molar-refractivity contribution in [3.05, 3.63) is 29.8 Å². The van der Waals surface area contributed by atoms with Gasteiger partial charge in [-0.05, 0) is 30.5 Å². The standard InChI is InChI=1S/C21H31N7O8/c22-13(2-1-7-25-21(23)24)18(33)28-14(8-11-3-5-12(29)6-4-11)19(34)26-10-16(30)27-15(20(35)36)9-17(31)32/h3-6,13-15,29H,1-2,7-10,22H2,(H,26,34)(H,27,30)(H,28,33)(H,31,32)(H,35,36)(H4,23,24,25). The number of phenols is 1. The minimum absolute atomic E-state index is 0.00222. The third-order valence-electron chi connectivity index (χ3n) is 4.75. The van der Waals surface area contributed by atoms with Crippen LogP contribution in [-0.4, -0.2) is 82.2 Å². The van der Waals surface area contributed by atoms with Gasteiger partial charge in [0.25, 0.3) is 0 Å². The second kappa shape index (κ2) is 14.8. The van der Waals surface area contributed by atoms with Crippen molar-refractivity contribution in [3.8, 4) is 5.75 Å². The number of guanidine groups is 1. The van der Waals surface area contributed by atoms with E-state index >= 15 is 0 Å². The maximum Gasteiger partial charge on any atom is 0.326 e. The summed E-state index contributed by atoms with van der Waals surface area (Å²) in [5.41, 5.74) is 16.9. The second-order valence-electron chi connectivity index (χ2n) is 7.76. The molecule has 1 aromatic carbocycles. The van der Waals surface area contributed by atoms with Crippen molar-refractivity contribution < 1.29 is 39.3 Å². The molecule has 0 spiro atoms. The summed E-state index contributed by atoms with van der Waals surface area (Å²) in [7, 11) is 0. The average molecular weight is 510 g/mol. The number of carbonyl (C=O) groups excluding carboxylic acids is 3. The lowest BCUT2D eigenvalue weighted by Crippen LogP contribution is -2.54. The average Bonchev–Trinajstić information content (AvgIpc) is 2.80. The number of rotatable bonds is 15. The minimum atomic E-state index is -1.68. The van der Waals surface area contributed by atoms with Gasteiger partial charge in [0.15, 0.2) is 5.96 Å². The number of hydrogen-bond acceptors (Lipinski definition) is 8. The van der Waals surface area contributed by atoms with Crippen LogP contribution in [0, 0.1) is 0 Å². The molecule has 0 radical (unpaired) electrons. The molecule has 1 rings (SSSR count). The van der Waals surface area contributed by atoms with E-state index in [1.54, 1.807) is 0 Å². The number of carboxylic acid groups (broad SMARTS) is 2. The molecule has 0 aliphatic heterocycles. The van der Waals surface area contributed by atoms with Crippen LogP contribution in [-0.2, 0) is 30.4 Å². The van der Waals surface area contributed by atoms with Crippen molar-refractivity contribution in [2.75, 3.05) is 13.1 Å². The van der Waals surface area contributed by atoms with Crippen LogP contribution in [0.4, 0.5) is 0 Å². The summed E-state index contributed by atoms with van der Waals surface area (Å²) in [6, 6.07) is 2.02. The number of benzene rings is 1. The monoisotopic (exact) mass is 509 g/mol. The highest BCUT2D eigenvalue weighted by molar-refractivity contribution is 5.93. The van der Waals surface area contributed by atoms with E-state index in [2.05, 4.69) is 15.6 Å². The Kier molecular flexibility index (Phi) is 12.2. The zero-order chi connectivity index (χ0) is 27.3.